The minimum atomic E-state index is -2.46. The first kappa shape index (κ1) is 21.3. The fourth-order valence-corrected chi connectivity index (χ4v) is 5.07. The van der Waals surface area contributed by atoms with Crippen LogP contribution in [0.4, 0.5) is 14.6 Å². The van der Waals surface area contributed by atoms with Gasteiger partial charge in [0.1, 0.15) is 11.9 Å². The number of likely N-dealkylation sites (tertiary alicyclic amines) is 1. The average Bonchev–Trinajstić information content (AvgIpc) is 3.18. The monoisotopic (exact) mass is 420 g/mol. The molecule has 0 unspecified atom stereocenters. The van der Waals surface area contributed by atoms with Gasteiger partial charge in [-0.3, -0.25) is 4.79 Å². The highest BCUT2D eigenvalue weighted by atomic mass is 19.3. The Morgan fingerprint density at radius 1 is 1.27 bits per heavy atom. The average molecular weight is 421 g/mol. The molecule has 1 aliphatic carbocycles. The van der Waals surface area contributed by atoms with Crippen molar-refractivity contribution in [3.05, 3.63) is 23.9 Å². The molecule has 1 amide bonds. The molecule has 3 heterocycles. The number of aromatic nitrogens is 2. The number of allylic oxidation sites excluding steroid dienone is 2. The Hall–Kier alpha value is -1.92. The number of hydrogen-bond donors (Lipinski definition) is 1. The maximum Gasteiger partial charge on any atom is 0.260 e. The number of nitrogens with zero attached hydrogens (tertiary/aromatic N) is 3. The van der Waals surface area contributed by atoms with Crippen molar-refractivity contribution in [2.75, 3.05) is 18.4 Å². The Kier molecular flexibility index (Phi) is 5.90. The number of piperidine rings is 1. The molecule has 7 heteroatoms. The van der Waals surface area contributed by atoms with E-state index >= 15 is 0 Å². The van der Waals surface area contributed by atoms with Crippen LogP contribution in [0.25, 0.3) is 0 Å². The van der Waals surface area contributed by atoms with Crippen LogP contribution >= 0.6 is 0 Å². The van der Waals surface area contributed by atoms with Gasteiger partial charge in [0.05, 0.1) is 5.69 Å². The Morgan fingerprint density at radius 2 is 2.07 bits per heavy atom. The van der Waals surface area contributed by atoms with Crippen molar-refractivity contribution in [3.63, 3.8) is 0 Å². The van der Waals surface area contributed by atoms with Crippen molar-refractivity contribution in [2.24, 2.45) is 11.8 Å². The van der Waals surface area contributed by atoms with Crippen molar-refractivity contribution in [3.8, 4) is 0 Å². The summed E-state index contributed by atoms with van der Waals surface area (Å²) in [5.74, 6) is 1.19. The number of carbonyl (C=O) groups is 1. The van der Waals surface area contributed by atoms with Crippen LogP contribution in [0.1, 0.15) is 71.0 Å². The molecule has 4 rings (SSSR count). The topological polar surface area (TPSA) is 50.2 Å². The van der Waals surface area contributed by atoms with E-state index in [1.54, 1.807) is 0 Å². The van der Waals surface area contributed by atoms with Crippen LogP contribution in [0.2, 0.25) is 0 Å². The number of rotatable bonds is 3. The third kappa shape index (κ3) is 4.26. The number of carbonyl (C=O) groups excluding carboxylic acids is 1. The lowest BCUT2D eigenvalue weighted by molar-refractivity contribution is -0.137. The zero-order valence-electron chi connectivity index (χ0n) is 18.3. The first-order valence-electron chi connectivity index (χ1n) is 11.3. The summed E-state index contributed by atoms with van der Waals surface area (Å²) >= 11 is 0. The largest absolute Gasteiger partial charge is 0.367 e. The number of amides is 1. The van der Waals surface area contributed by atoms with Crippen molar-refractivity contribution in [1.82, 2.24) is 14.7 Å². The smallest absolute Gasteiger partial charge is 0.260 e. The second-order valence-corrected chi connectivity index (χ2v) is 10.2. The zero-order chi connectivity index (χ0) is 21.5. The Bertz CT molecular complexity index is 798. The van der Waals surface area contributed by atoms with E-state index < -0.39 is 12.5 Å². The summed E-state index contributed by atoms with van der Waals surface area (Å²) in [6.07, 6.45) is 6.74. The van der Waals surface area contributed by atoms with E-state index in [-0.39, 0.29) is 29.2 Å². The Labute approximate surface area is 177 Å². The van der Waals surface area contributed by atoms with Crippen molar-refractivity contribution in [2.45, 2.75) is 83.2 Å². The van der Waals surface area contributed by atoms with Gasteiger partial charge in [0.25, 0.3) is 6.43 Å². The summed E-state index contributed by atoms with van der Waals surface area (Å²) in [4.78, 5) is 15.0. The molecule has 166 valence electrons. The lowest BCUT2D eigenvalue weighted by atomic mass is 9.84. The minimum absolute atomic E-state index is 0.0668. The van der Waals surface area contributed by atoms with E-state index in [4.69, 9.17) is 0 Å². The summed E-state index contributed by atoms with van der Waals surface area (Å²) in [7, 11) is 0. The predicted molar refractivity (Wildman–Crippen MR) is 114 cm³/mol. The van der Waals surface area contributed by atoms with Crippen LogP contribution in [0.5, 0.6) is 0 Å². The highest BCUT2D eigenvalue weighted by molar-refractivity contribution is 5.79. The molecular weight excluding hydrogens is 386 g/mol. The van der Waals surface area contributed by atoms with Gasteiger partial charge in [0, 0.05) is 36.5 Å². The van der Waals surface area contributed by atoms with Crippen LogP contribution in [-0.4, -0.2) is 46.1 Å². The Morgan fingerprint density at radius 3 is 2.73 bits per heavy atom. The van der Waals surface area contributed by atoms with E-state index in [0.29, 0.717) is 18.8 Å². The fourth-order valence-electron chi connectivity index (χ4n) is 5.07. The third-order valence-electron chi connectivity index (χ3n) is 6.89. The van der Waals surface area contributed by atoms with Crippen LogP contribution < -0.4 is 5.32 Å². The molecular formula is C23H34F2N4O. The predicted octanol–water partition coefficient (Wildman–Crippen LogP) is 4.77. The van der Waals surface area contributed by atoms with E-state index in [1.165, 1.54) is 4.68 Å². The van der Waals surface area contributed by atoms with Gasteiger partial charge in [-0.25, -0.2) is 13.5 Å². The SMILES string of the molecule is CC(C)(C)c1cc2n(n1)[C@@H](C(F)F)C[C@@H]([C@H]1CCCN(C(=O)[C@@H]3CC=CCC3)C1)N2. The normalized spacial score (nSPS) is 29.6. The number of anilines is 1. The van der Waals surface area contributed by atoms with E-state index in [2.05, 4.69) is 22.6 Å². The molecule has 0 radical (unpaired) electrons. The number of halogens is 2. The molecule has 1 aromatic heterocycles. The van der Waals surface area contributed by atoms with Crippen LogP contribution in [0, 0.1) is 11.8 Å². The van der Waals surface area contributed by atoms with Gasteiger partial charge >= 0.3 is 0 Å². The molecule has 1 N–H and O–H groups in total. The molecule has 0 bridgehead atoms. The maximum absolute atomic E-state index is 13.9. The summed E-state index contributed by atoms with van der Waals surface area (Å²) in [5.41, 5.74) is 0.624. The quantitative estimate of drug-likeness (QED) is 0.717. The van der Waals surface area contributed by atoms with E-state index in [1.807, 2.05) is 31.7 Å². The van der Waals surface area contributed by atoms with Crippen molar-refractivity contribution < 1.29 is 13.6 Å². The van der Waals surface area contributed by atoms with Gasteiger partial charge < -0.3 is 10.2 Å². The molecule has 0 saturated carbocycles. The first-order valence-corrected chi connectivity index (χ1v) is 11.3. The fraction of sp³-hybridized carbons (Fsp3) is 0.739. The third-order valence-corrected chi connectivity index (χ3v) is 6.89. The van der Waals surface area contributed by atoms with Gasteiger partial charge in [-0.2, -0.15) is 5.10 Å². The van der Waals surface area contributed by atoms with E-state index in [9.17, 15) is 13.6 Å². The summed E-state index contributed by atoms with van der Waals surface area (Å²) in [6, 6.07) is 0.932. The molecule has 0 aromatic carbocycles. The van der Waals surface area contributed by atoms with Gasteiger partial charge in [-0.05, 0) is 44.4 Å². The van der Waals surface area contributed by atoms with Gasteiger partial charge in [0.15, 0.2) is 0 Å². The summed E-state index contributed by atoms with van der Waals surface area (Å²) in [5, 5.41) is 8.01. The summed E-state index contributed by atoms with van der Waals surface area (Å²) in [6.45, 7) is 7.57. The molecule has 1 aromatic rings. The molecule has 5 nitrogen and oxygen atoms in total. The number of fused-ring (bicyclic) bond motifs is 1. The molecule has 1 saturated heterocycles. The second kappa shape index (κ2) is 8.31. The molecule has 4 atom stereocenters. The van der Waals surface area contributed by atoms with Crippen molar-refractivity contribution in [1.29, 1.82) is 0 Å². The molecule has 2 aliphatic heterocycles. The van der Waals surface area contributed by atoms with Crippen LogP contribution in [-0.2, 0) is 10.2 Å². The highest BCUT2D eigenvalue weighted by Gasteiger charge is 2.40. The van der Waals surface area contributed by atoms with E-state index in [0.717, 1.165) is 44.3 Å². The molecule has 1 fully saturated rings. The van der Waals surface area contributed by atoms with Crippen LogP contribution in [0.3, 0.4) is 0 Å². The Balaban J connectivity index is 1.50. The maximum atomic E-state index is 13.9. The van der Waals surface area contributed by atoms with Gasteiger partial charge in [-0.15, -0.1) is 0 Å². The molecule has 30 heavy (non-hydrogen) atoms. The standard InChI is InChI=1S/C23H34F2N4O/c1-23(2,3)19-13-20-26-17(12-18(21(24)25)29(20)27-19)16-10-7-11-28(14-16)22(30)15-8-5-4-6-9-15/h4-5,13,15-18,21,26H,6-12,14H2,1-3H3/t15-,16+,17+,18-/m1/s1. The minimum Gasteiger partial charge on any atom is -0.367 e. The lowest BCUT2D eigenvalue weighted by Crippen LogP contribution is -2.49. The van der Waals surface area contributed by atoms with Gasteiger partial charge in [0.2, 0.25) is 5.91 Å². The lowest BCUT2D eigenvalue weighted by Gasteiger charge is -2.42. The van der Waals surface area contributed by atoms with Crippen molar-refractivity contribution >= 4 is 11.7 Å². The number of hydrogen-bond acceptors (Lipinski definition) is 3. The molecule has 0 spiro atoms. The number of alkyl halides is 2. The number of nitrogens with one attached hydrogen (secondary N) is 1. The highest BCUT2D eigenvalue weighted by Crippen LogP contribution is 2.38. The zero-order valence-corrected chi connectivity index (χ0v) is 18.3. The van der Waals surface area contributed by atoms with Crippen LogP contribution in [0.15, 0.2) is 18.2 Å². The summed E-state index contributed by atoms with van der Waals surface area (Å²) < 4.78 is 29.4. The van der Waals surface area contributed by atoms with Gasteiger partial charge in [-0.1, -0.05) is 32.9 Å². The molecule has 3 aliphatic rings. The first-order chi connectivity index (χ1) is 14.2. The second-order valence-electron chi connectivity index (χ2n) is 10.2.